The van der Waals surface area contributed by atoms with Gasteiger partial charge in [-0.15, -0.1) is 0 Å². The van der Waals surface area contributed by atoms with Crippen molar-refractivity contribution < 1.29 is 0 Å². The van der Waals surface area contributed by atoms with Crippen LogP contribution >= 0.6 is 0 Å². The predicted octanol–water partition coefficient (Wildman–Crippen LogP) is 7.01. The van der Waals surface area contributed by atoms with E-state index in [2.05, 4.69) is 38.1 Å². The fourth-order valence-electron chi connectivity index (χ4n) is 3.37. The molecule has 31 heavy (non-hydrogen) atoms. The van der Waals surface area contributed by atoms with Crippen molar-refractivity contribution in [3.05, 3.63) is 125 Å². The van der Waals surface area contributed by atoms with Crippen molar-refractivity contribution in [3.63, 3.8) is 0 Å². The average molecular weight is 404 g/mol. The van der Waals surface area contributed by atoms with Crippen molar-refractivity contribution in [1.29, 1.82) is 0 Å². The van der Waals surface area contributed by atoms with Gasteiger partial charge in [0.25, 0.3) is 0 Å². The number of aryl methyl sites for hydroxylation is 2. The molecule has 0 aliphatic heterocycles. The summed E-state index contributed by atoms with van der Waals surface area (Å²) in [4.78, 5) is 14.8. The number of aliphatic imine (C=N–C) groups is 2. The van der Waals surface area contributed by atoms with Crippen LogP contribution < -0.4 is 0 Å². The lowest BCUT2D eigenvalue weighted by atomic mass is 10.1. The van der Waals surface area contributed by atoms with Crippen molar-refractivity contribution in [1.82, 2.24) is 4.98 Å². The third-order valence-corrected chi connectivity index (χ3v) is 5.16. The minimum Gasteiger partial charge on any atom is -0.251 e. The topological polar surface area (TPSA) is 37.6 Å². The van der Waals surface area contributed by atoms with Crippen molar-refractivity contribution in [2.75, 3.05) is 0 Å². The first-order valence-corrected chi connectivity index (χ1v) is 10.4. The molecule has 0 unspecified atom stereocenters. The van der Waals surface area contributed by atoms with E-state index >= 15 is 0 Å². The van der Waals surface area contributed by atoms with Gasteiger partial charge in [-0.1, -0.05) is 72.8 Å². The summed E-state index contributed by atoms with van der Waals surface area (Å²) in [6.07, 6.45) is 0. The predicted molar refractivity (Wildman–Crippen MR) is 130 cm³/mol. The van der Waals surface area contributed by atoms with Crippen LogP contribution in [0.2, 0.25) is 0 Å². The van der Waals surface area contributed by atoms with Crippen molar-refractivity contribution >= 4 is 22.8 Å². The Morgan fingerprint density at radius 3 is 1.77 bits per heavy atom. The number of rotatable bonds is 5. The summed E-state index contributed by atoms with van der Waals surface area (Å²) in [5, 5.41) is 0. The molecule has 0 amide bonds. The van der Waals surface area contributed by atoms with E-state index in [1.54, 1.807) is 0 Å². The molecule has 4 aromatic rings. The zero-order chi connectivity index (χ0) is 21.6. The van der Waals surface area contributed by atoms with Gasteiger partial charge in [-0.25, -0.2) is 9.98 Å². The second-order valence-corrected chi connectivity index (χ2v) is 7.50. The minimum atomic E-state index is 0.825. The SMILES string of the molecule is CC(=Nc1ccccc1C)c1cccc(C(=Nc2ccccc2C)c2ccccc2)n1. The molecule has 3 nitrogen and oxygen atoms in total. The van der Waals surface area contributed by atoms with Crippen LogP contribution in [0.25, 0.3) is 0 Å². The molecular weight excluding hydrogens is 378 g/mol. The van der Waals surface area contributed by atoms with Gasteiger partial charge in [0.15, 0.2) is 0 Å². The van der Waals surface area contributed by atoms with Crippen LogP contribution in [-0.2, 0) is 0 Å². The van der Waals surface area contributed by atoms with E-state index in [1.807, 2.05) is 79.7 Å². The van der Waals surface area contributed by atoms with E-state index < -0.39 is 0 Å². The number of hydrogen-bond donors (Lipinski definition) is 0. The molecule has 0 aliphatic rings. The van der Waals surface area contributed by atoms with Crippen LogP contribution in [0.4, 0.5) is 11.4 Å². The summed E-state index contributed by atoms with van der Waals surface area (Å²) in [6.45, 7) is 6.14. The summed E-state index contributed by atoms with van der Waals surface area (Å²) in [7, 11) is 0. The van der Waals surface area contributed by atoms with E-state index in [0.29, 0.717) is 0 Å². The maximum atomic E-state index is 5.01. The highest BCUT2D eigenvalue weighted by molar-refractivity contribution is 6.13. The monoisotopic (exact) mass is 403 g/mol. The van der Waals surface area contributed by atoms with Gasteiger partial charge in [0.1, 0.15) is 0 Å². The first-order valence-electron chi connectivity index (χ1n) is 10.4. The van der Waals surface area contributed by atoms with Gasteiger partial charge in [-0.2, -0.15) is 0 Å². The molecular formula is C28H25N3. The lowest BCUT2D eigenvalue weighted by Gasteiger charge is -2.10. The van der Waals surface area contributed by atoms with Gasteiger partial charge < -0.3 is 0 Å². The van der Waals surface area contributed by atoms with E-state index in [4.69, 9.17) is 15.0 Å². The molecule has 1 heterocycles. The standard InChI is InChI=1S/C28H25N3/c1-20-12-7-9-16-24(20)29-22(3)26-18-11-19-27(30-26)28(23-14-5-4-6-15-23)31-25-17-10-8-13-21(25)2/h4-19H,1-3H3. The normalized spacial score (nSPS) is 12.1. The smallest absolute Gasteiger partial charge is 0.0966 e. The van der Waals surface area contributed by atoms with Gasteiger partial charge >= 0.3 is 0 Å². The Labute approximate surface area is 183 Å². The third kappa shape index (κ3) is 4.84. The third-order valence-electron chi connectivity index (χ3n) is 5.16. The molecule has 3 aromatic carbocycles. The first-order chi connectivity index (χ1) is 15.1. The average Bonchev–Trinajstić information content (AvgIpc) is 2.81. The Hall–Kier alpha value is -3.85. The maximum Gasteiger partial charge on any atom is 0.0966 e. The zero-order valence-electron chi connectivity index (χ0n) is 18.1. The Morgan fingerprint density at radius 1 is 0.581 bits per heavy atom. The quantitative estimate of drug-likeness (QED) is 0.330. The molecule has 0 spiro atoms. The van der Waals surface area contributed by atoms with Crippen LogP contribution in [0, 0.1) is 13.8 Å². The van der Waals surface area contributed by atoms with E-state index in [0.717, 1.165) is 50.9 Å². The fourth-order valence-corrected chi connectivity index (χ4v) is 3.37. The molecule has 0 N–H and O–H groups in total. The van der Waals surface area contributed by atoms with E-state index in [9.17, 15) is 0 Å². The highest BCUT2D eigenvalue weighted by atomic mass is 14.8. The van der Waals surface area contributed by atoms with Gasteiger partial charge in [0, 0.05) is 5.56 Å². The number of pyridine rings is 1. The molecule has 0 atom stereocenters. The van der Waals surface area contributed by atoms with Crippen molar-refractivity contribution in [3.8, 4) is 0 Å². The molecule has 0 bridgehead atoms. The lowest BCUT2D eigenvalue weighted by molar-refractivity contribution is 1.24. The summed E-state index contributed by atoms with van der Waals surface area (Å²) in [5.74, 6) is 0. The Kier molecular flexibility index (Phi) is 6.13. The van der Waals surface area contributed by atoms with Crippen molar-refractivity contribution in [2.45, 2.75) is 20.8 Å². The summed E-state index contributed by atoms with van der Waals surface area (Å²) in [6, 6.07) is 32.5. The number of aromatic nitrogens is 1. The first kappa shape index (κ1) is 20.4. The van der Waals surface area contributed by atoms with Crippen molar-refractivity contribution in [2.24, 2.45) is 9.98 Å². The molecule has 0 radical (unpaired) electrons. The molecule has 152 valence electrons. The van der Waals surface area contributed by atoms with Crippen LogP contribution in [0.5, 0.6) is 0 Å². The second-order valence-electron chi connectivity index (χ2n) is 7.50. The molecule has 0 saturated carbocycles. The zero-order valence-corrected chi connectivity index (χ0v) is 18.1. The Bertz CT molecular complexity index is 1250. The largest absolute Gasteiger partial charge is 0.251 e. The van der Waals surface area contributed by atoms with E-state index in [1.165, 1.54) is 0 Å². The molecule has 4 rings (SSSR count). The van der Waals surface area contributed by atoms with Gasteiger partial charge in [0.2, 0.25) is 0 Å². The number of hydrogen-bond acceptors (Lipinski definition) is 3. The highest BCUT2D eigenvalue weighted by Crippen LogP contribution is 2.22. The van der Waals surface area contributed by atoms with Crippen LogP contribution in [-0.4, -0.2) is 16.4 Å². The van der Waals surface area contributed by atoms with Gasteiger partial charge in [-0.3, -0.25) is 4.99 Å². The molecule has 0 saturated heterocycles. The number of para-hydroxylation sites is 2. The maximum absolute atomic E-state index is 5.01. The second kappa shape index (κ2) is 9.31. The lowest BCUT2D eigenvalue weighted by Crippen LogP contribution is -2.09. The van der Waals surface area contributed by atoms with Gasteiger partial charge in [0.05, 0.1) is 34.2 Å². The number of nitrogens with zero attached hydrogens (tertiary/aromatic N) is 3. The van der Waals surface area contributed by atoms with E-state index in [-0.39, 0.29) is 0 Å². The Morgan fingerprint density at radius 2 is 1.13 bits per heavy atom. The molecule has 0 fully saturated rings. The van der Waals surface area contributed by atoms with Crippen LogP contribution in [0.3, 0.4) is 0 Å². The molecule has 0 aliphatic carbocycles. The van der Waals surface area contributed by atoms with Gasteiger partial charge in [-0.05, 0) is 56.2 Å². The Balaban J connectivity index is 1.80. The summed E-state index contributed by atoms with van der Waals surface area (Å²) in [5.41, 5.74) is 8.60. The minimum absolute atomic E-state index is 0.825. The van der Waals surface area contributed by atoms with Crippen LogP contribution in [0.1, 0.15) is 35.0 Å². The number of benzene rings is 3. The summed E-state index contributed by atoms with van der Waals surface area (Å²) < 4.78 is 0. The van der Waals surface area contributed by atoms with Crippen LogP contribution in [0.15, 0.2) is 107 Å². The molecule has 1 aromatic heterocycles. The fraction of sp³-hybridized carbons (Fsp3) is 0.107. The highest BCUT2D eigenvalue weighted by Gasteiger charge is 2.11. The summed E-state index contributed by atoms with van der Waals surface area (Å²) >= 11 is 0. The molecule has 3 heteroatoms.